The van der Waals surface area contributed by atoms with Gasteiger partial charge in [-0.1, -0.05) is 26.8 Å². The molecule has 0 radical (unpaired) electrons. The van der Waals surface area contributed by atoms with E-state index in [4.69, 9.17) is 4.74 Å². The van der Waals surface area contributed by atoms with Crippen molar-refractivity contribution in [2.24, 2.45) is 5.41 Å². The van der Waals surface area contributed by atoms with Crippen molar-refractivity contribution in [3.8, 4) is 0 Å². The number of benzene rings is 2. The first kappa shape index (κ1) is 23.5. The summed E-state index contributed by atoms with van der Waals surface area (Å²) in [5.41, 5.74) is 1.68. The third kappa shape index (κ3) is 8.29. The maximum atomic E-state index is 12.2. The first-order valence-electron chi connectivity index (χ1n) is 9.76. The first-order chi connectivity index (χ1) is 14.2. The van der Waals surface area contributed by atoms with E-state index in [2.05, 4.69) is 10.6 Å². The summed E-state index contributed by atoms with van der Waals surface area (Å²) in [6, 6.07) is 14.0. The van der Waals surface area contributed by atoms with E-state index in [1.54, 1.807) is 31.2 Å². The van der Waals surface area contributed by atoms with Gasteiger partial charge in [-0.05, 0) is 54.8 Å². The summed E-state index contributed by atoms with van der Waals surface area (Å²) in [7, 11) is 0. The Morgan fingerprint density at radius 2 is 1.60 bits per heavy atom. The van der Waals surface area contributed by atoms with Crippen molar-refractivity contribution in [2.45, 2.75) is 39.0 Å². The predicted octanol–water partition coefficient (Wildman–Crippen LogP) is 4.97. The first-order valence-corrected chi connectivity index (χ1v) is 10.7. The van der Waals surface area contributed by atoms with E-state index >= 15 is 0 Å². The monoisotopic (exact) mass is 428 g/mol. The van der Waals surface area contributed by atoms with Gasteiger partial charge in [0.1, 0.15) is 0 Å². The van der Waals surface area contributed by atoms with Gasteiger partial charge in [0.25, 0.3) is 0 Å². The van der Waals surface area contributed by atoms with Crippen molar-refractivity contribution >= 4 is 40.9 Å². The zero-order valence-electron chi connectivity index (χ0n) is 17.8. The SMILES string of the molecule is CCOC(=O)c1ccc(NC(=O)CSc2cccc(NC(=O)CC(C)(C)C)c2)cc1. The molecule has 2 aromatic rings. The second-order valence-corrected chi connectivity index (χ2v) is 9.00. The van der Waals surface area contributed by atoms with Crippen LogP contribution in [0.4, 0.5) is 11.4 Å². The molecule has 0 aromatic heterocycles. The smallest absolute Gasteiger partial charge is 0.338 e. The maximum Gasteiger partial charge on any atom is 0.338 e. The van der Waals surface area contributed by atoms with Crippen LogP contribution < -0.4 is 10.6 Å². The fourth-order valence-electron chi connectivity index (χ4n) is 2.60. The number of amides is 2. The Bertz CT molecular complexity index is 889. The standard InChI is InChI=1S/C23H28N2O4S/c1-5-29-22(28)16-9-11-17(12-10-16)24-21(27)15-30-19-8-6-7-18(13-19)25-20(26)14-23(2,3)4/h6-13H,5,14-15H2,1-4H3,(H,24,27)(H,25,26). The van der Waals surface area contributed by atoms with E-state index in [1.807, 2.05) is 45.0 Å². The lowest BCUT2D eigenvalue weighted by atomic mass is 9.92. The van der Waals surface area contributed by atoms with Crippen LogP contribution in [0.1, 0.15) is 44.5 Å². The normalized spacial score (nSPS) is 10.9. The third-order valence-corrected chi connectivity index (χ3v) is 4.85. The summed E-state index contributed by atoms with van der Waals surface area (Å²) in [6.07, 6.45) is 0.432. The molecule has 7 heteroatoms. The Morgan fingerprint density at radius 3 is 2.23 bits per heavy atom. The Hall–Kier alpha value is -2.80. The number of carbonyl (C=O) groups is 3. The Labute approximate surface area is 181 Å². The van der Waals surface area contributed by atoms with E-state index in [0.29, 0.717) is 30.0 Å². The molecule has 30 heavy (non-hydrogen) atoms. The van der Waals surface area contributed by atoms with Crippen molar-refractivity contribution in [2.75, 3.05) is 23.0 Å². The zero-order chi connectivity index (χ0) is 22.1. The number of rotatable bonds is 8. The highest BCUT2D eigenvalue weighted by Gasteiger charge is 2.16. The lowest BCUT2D eigenvalue weighted by Crippen LogP contribution is -2.19. The lowest BCUT2D eigenvalue weighted by molar-refractivity contribution is -0.118. The number of esters is 1. The number of nitrogens with one attached hydrogen (secondary N) is 2. The number of hydrogen-bond donors (Lipinski definition) is 2. The van der Waals surface area contributed by atoms with Crippen molar-refractivity contribution in [3.05, 3.63) is 54.1 Å². The molecule has 0 spiro atoms. The van der Waals surface area contributed by atoms with Gasteiger partial charge in [0, 0.05) is 22.7 Å². The third-order valence-electron chi connectivity index (χ3n) is 3.86. The molecule has 2 aromatic carbocycles. The lowest BCUT2D eigenvalue weighted by Gasteiger charge is -2.17. The minimum absolute atomic E-state index is 0.0336. The summed E-state index contributed by atoms with van der Waals surface area (Å²) >= 11 is 1.38. The van der Waals surface area contributed by atoms with Crippen molar-refractivity contribution < 1.29 is 19.1 Å². The van der Waals surface area contributed by atoms with E-state index in [9.17, 15) is 14.4 Å². The van der Waals surface area contributed by atoms with E-state index < -0.39 is 0 Å². The summed E-state index contributed by atoms with van der Waals surface area (Å²) in [4.78, 5) is 36.9. The minimum atomic E-state index is -0.389. The highest BCUT2D eigenvalue weighted by atomic mass is 32.2. The van der Waals surface area contributed by atoms with Gasteiger partial charge in [0.2, 0.25) is 11.8 Å². The van der Waals surface area contributed by atoms with Crippen LogP contribution in [0.15, 0.2) is 53.4 Å². The Kier molecular flexibility index (Phi) is 8.47. The van der Waals surface area contributed by atoms with Crippen LogP contribution in [0.2, 0.25) is 0 Å². The predicted molar refractivity (Wildman–Crippen MR) is 121 cm³/mol. The minimum Gasteiger partial charge on any atom is -0.462 e. The molecule has 0 atom stereocenters. The van der Waals surface area contributed by atoms with Gasteiger partial charge in [-0.2, -0.15) is 0 Å². The summed E-state index contributed by atoms with van der Waals surface area (Å²) in [5.74, 6) is -0.362. The highest BCUT2D eigenvalue weighted by Crippen LogP contribution is 2.24. The molecule has 0 aliphatic heterocycles. The van der Waals surface area contributed by atoms with Crippen LogP contribution in [-0.4, -0.2) is 30.1 Å². The van der Waals surface area contributed by atoms with Crippen LogP contribution in [0.25, 0.3) is 0 Å². The van der Waals surface area contributed by atoms with Gasteiger partial charge in [0.05, 0.1) is 17.9 Å². The second kappa shape index (κ2) is 10.8. The number of anilines is 2. The van der Waals surface area contributed by atoms with Crippen LogP contribution in [0, 0.1) is 5.41 Å². The maximum absolute atomic E-state index is 12.2. The van der Waals surface area contributed by atoms with Crippen molar-refractivity contribution in [1.82, 2.24) is 0 Å². The van der Waals surface area contributed by atoms with Gasteiger partial charge in [-0.15, -0.1) is 11.8 Å². The van der Waals surface area contributed by atoms with E-state index in [1.165, 1.54) is 11.8 Å². The van der Waals surface area contributed by atoms with Crippen LogP contribution in [-0.2, 0) is 14.3 Å². The van der Waals surface area contributed by atoms with E-state index in [-0.39, 0.29) is 29.0 Å². The molecule has 0 unspecified atom stereocenters. The van der Waals surface area contributed by atoms with Crippen LogP contribution >= 0.6 is 11.8 Å². The van der Waals surface area contributed by atoms with Gasteiger partial charge in [-0.25, -0.2) is 4.79 Å². The molecule has 2 amide bonds. The molecular formula is C23H28N2O4S. The molecule has 160 valence electrons. The van der Waals surface area contributed by atoms with Gasteiger partial charge < -0.3 is 15.4 Å². The molecule has 0 heterocycles. The molecule has 0 saturated heterocycles. The second-order valence-electron chi connectivity index (χ2n) is 7.95. The fraction of sp³-hybridized carbons (Fsp3) is 0.348. The van der Waals surface area contributed by atoms with Crippen molar-refractivity contribution in [3.63, 3.8) is 0 Å². The summed E-state index contributed by atoms with van der Waals surface area (Å²) in [5, 5.41) is 5.70. The van der Waals surface area contributed by atoms with Gasteiger partial charge in [-0.3, -0.25) is 9.59 Å². The molecule has 0 fully saturated rings. The molecule has 0 saturated carbocycles. The largest absolute Gasteiger partial charge is 0.462 e. The van der Waals surface area contributed by atoms with Gasteiger partial charge in [0.15, 0.2) is 0 Å². The molecule has 0 bridgehead atoms. The van der Waals surface area contributed by atoms with Gasteiger partial charge >= 0.3 is 5.97 Å². The molecular weight excluding hydrogens is 400 g/mol. The molecule has 2 N–H and O–H groups in total. The number of hydrogen-bond acceptors (Lipinski definition) is 5. The Balaban J connectivity index is 1.86. The quantitative estimate of drug-likeness (QED) is 0.458. The Morgan fingerprint density at radius 1 is 0.933 bits per heavy atom. The molecule has 6 nitrogen and oxygen atoms in total. The van der Waals surface area contributed by atoms with E-state index in [0.717, 1.165) is 4.90 Å². The van der Waals surface area contributed by atoms with Crippen LogP contribution in [0.3, 0.4) is 0 Å². The molecule has 0 aliphatic rings. The molecule has 2 rings (SSSR count). The summed E-state index contributed by atoms with van der Waals surface area (Å²) < 4.78 is 4.94. The highest BCUT2D eigenvalue weighted by molar-refractivity contribution is 8.00. The number of ether oxygens (including phenoxy) is 1. The van der Waals surface area contributed by atoms with Crippen molar-refractivity contribution in [1.29, 1.82) is 0 Å². The topological polar surface area (TPSA) is 84.5 Å². The summed E-state index contributed by atoms with van der Waals surface area (Å²) in [6.45, 7) is 8.11. The van der Waals surface area contributed by atoms with Crippen LogP contribution in [0.5, 0.6) is 0 Å². The average molecular weight is 429 g/mol. The molecule has 0 aliphatic carbocycles. The number of thioether (sulfide) groups is 1. The number of carbonyl (C=O) groups excluding carboxylic acids is 3. The zero-order valence-corrected chi connectivity index (χ0v) is 18.6. The fourth-order valence-corrected chi connectivity index (χ4v) is 3.36. The average Bonchev–Trinajstić information content (AvgIpc) is 2.66.